The number of hydrogen-bond donors (Lipinski definition) is 2. The van der Waals surface area contributed by atoms with E-state index in [0.29, 0.717) is 23.7 Å². The van der Waals surface area contributed by atoms with Gasteiger partial charge in [0, 0.05) is 16.1 Å². The third-order valence-electron chi connectivity index (χ3n) is 2.34. The third-order valence-corrected chi connectivity index (χ3v) is 2.70. The molecular formula is C14H21ClN2O2. The van der Waals surface area contributed by atoms with Gasteiger partial charge in [-0.15, -0.1) is 0 Å². The van der Waals surface area contributed by atoms with Crippen LogP contribution < -0.4 is 15.8 Å². The lowest BCUT2D eigenvalue weighted by atomic mass is 10.1. The van der Waals surface area contributed by atoms with Gasteiger partial charge in [0.2, 0.25) is 0 Å². The summed E-state index contributed by atoms with van der Waals surface area (Å²) in [7, 11) is 0. The van der Waals surface area contributed by atoms with Crippen molar-refractivity contribution < 1.29 is 9.53 Å². The Kier molecular flexibility index (Phi) is 5.63. The van der Waals surface area contributed by atoms with Crippen LogP contribution in [0.2, 0.25) is 5.02 Å². The number of nitrogens with one attached hydrogen (secondary N) is 1. The van der Waals surface area contributed by atoms with E-state index in [4.69, 9.17) is 22.1 Å². The lowest BCUT2D eigenvalue weighted by molar-refractivity contribution is -0.124. The van der Waals surface area contributed by atoms with Gasteiger partial charge in [0.1, 0.15) is 5.75 Å². The largest absolute Gasteiger partial charge is 0.483 e. The van der Waals surface area contributed by atoms with E-state index in [9.17, 15) is 4.79 Å². The van der Waals surface area contributed by atoms with Crippen molar-refractivity contribution in [1.82, 2.24) is 5.32 Å². The summed E-state index contributed by atoms with van der Waals surface area (Å²) in [6.07, 6.45) is 0.621. The highest BCUT2D eigenvalue weighted by molar-refractivity contribution is 6.31. The Bertz CT molecular complexity index is 442. The van der Waals surface area contributed by atoms with E-state index in [-0.39, 0.29) is 18.1 Å². The highest BCUT2D eigenvalue weighted by Crippen LogP contribution is 2.26. The van der Waals surface area contributed by atoms with Crippen LogP contribution in [-0.4, -0.2) is 24.6 Å². The minimum atomic E-state index is -0.269. The van der Waals surface area contributed by atoms with Crippen LogP contribution in [0.1, 0.15) is 26.3 Å². The number of halogens is 1. The maximum atomic E-state index is 11.7. The van der Waals surface area contributed by atoms with E-state index < -0.39 is 0 Å². The Hall–Kier alpha value is -1.26. The van der Waals surface area contributed by atoms with Crippen molar-refractivity contribution in [3.63, 3.8) is 0 Å². The fourth-order valence-corrected chi connectivity index (χ4v) is 1.92. The van der Waals surface area contributed by atoms with Crippen molar-refractivity contribution in [3.05, 3.63) is 28.8 Å². The molecule has 5 heteroatoms. The number of benzene rings is 1. The fourth-order valence-electron chi connectivity index (χ4n) is 1.66. The molecule has 0 bridgehead atoms. The average Bonchev–Trinajstić information content (AvgIpc) is 2.28. The molecule has 0 fully saturated rings. The van der Waals surface area contributed by atoms with Crippen LogP contribution >= 0.6 is 11.6 Å². The number of carbonyl (C=O) groups excluding carboxylic acids is 1. The molecule has 1 aromatic rings. The summed E-state index contributed by atoms with van der Waals surface area (Å²) in [6, 6.07) is 5.37. The van der Waals surface area contributed by atoms with Crippen LogP contribution in [-0.2, 0) is 11.2 Å². The smallest absolute Gasteiger partial charge is 0.258 e. The topological polar surface area (TPSA) is 64.3 Å². The fraction of sp³-hybridized carbons (Fsp3) is 0.500. The SMILES string of the molecule is CC(C)(C)NC(=O)COc1cccc(Cl)c1CCN. The van der Waals surface area contributed by atoms with Crippen molar-refractivity contribution in [3.8, 4) is 5.75 Å². The first-order valence-electron chi connectivity index (χ1n) is 6.25. The van der Waals surface area contributed by atoms with E-state index in [0.717, 1.165) is 5.56 Å². The molecule has 106 valence electrons. The summed E-state index contributed by atoms with van der Waals surface area (Å²) in [5.74, 6) is 0.452. The van der Waals surface area contributed by atoms with Crippen molar-refractivity contribution >= 4 is 17.5 Å². The van der Waals surface area contributed by atoms with Crippen LogP contribution in [0.15, 0.2) is 18.2 Å². The molecule has 0 saturated carbocycles. The number of carbonyl (C=O) groups is 1. The van der Waals surface area contributed by atoms with E-state index in [1.165, 1.54) is 0 Å². The molecule has 0 unspecified atom stereocenters. The zero-order chi connectivity index (χ0) is 14.5. The van der Waals surface area contributed by atoms with Gasteiger partial charge in [-0.3, -0.25) is 4.79 Å². The molecular weight excluding hydrogens is 264 g/mol. The van der Waals surface area contributed by atoms with Gasteiger partial charge < -0.3 is 15.8 Å². The molecule has 0 aliphatic rings. The highest BCUT2D eigenvalue weighted by Gasteiger charge is 2.15. The van der Waals surface area contributed by atoms with Gasteiger partial charge >= 0.3 is 0 Å². The summed E-state index contributed by atoms with van der Waals surface area (Å²) < 4.78 is 5.53. The molecule has 1 aromatic carbocycles. The standard InChI is InChI=1S/C14H21ClN2O2/c1-14(2,3)17-13(18)9-19-12-6-4-5-11(15)10(12)7-8-16/h4-6H,7-9,16H2,1-3H3,(H,17,18). The molecule has 0 aromatic heterocycles. The van der Waals surface area contributed by atoms with Crippen molar-refractivity contribution in [1.29, 1.82) is 0 Å². The molecule has 1 amide bonds. The van der Waals surface area contributed by atoms with E-state index in [1.807, 2.05) is 20.8 Å². The van der Waals surface area contributed by atoms with Gasteiger partial charge in [0.15, 0.2) is 6.61 Å². The van der Waals surface area contributed by atoms with Crippen molar-refractivity contribution in [2.45, 2.75) is 32.7 Å². The molecule has 0 heterocycles. The lowest BCUT2D eigenvalue weighted by Gasteiger charge is -2.21. The molecule has 0 aliphatic heterocycles. The summed E-state index contributed by atoms with van der Waals surface area (Å²) >= 11 is 6.09. The number of hydrogen-bond acceptors (Lipinski definition) is 3. The van der Waals surface area contributed by atoms with Crippen LogP contribution in [0.25, 0.3) is 0 Å². The molecule has 19 heavy (non-hydrogen) atoms. The zero-order valence-electron chi connectivity index (χ0n) is 11.6. The first-order valence-corrected chi connectivity index (χ1v) is 6.62. The molecule has 0 spiro atoms. The van der Waals surface area contributed by atoms with Crippen LogP contribution in [0.4, 0.5) is 0 Å². The quantitative estimate of drug-likeness (QED) is 0.871. The van der Waals surface area contributed by atoms with Gasteiger partial charge in [-0.2, -0.15) is 0 Å². The van der Waals surface area contributed by atoms with Crippen LogP contribution in [0.3, 0.4) is 0 Å². The number of nitrogens with two attached hydrogens (primary N) is 1. The molecule has 4 nitrogen and oxygen atoms in total. The summed E-state index contributed by atoms with van der Waals surface area (Å²) in [4.78, 5) is 11.7. The number of amides is 1. The van der Waals surface area contributed by atoms with Gasteiger partial charge in [-0.1, -0.05) is 17.7 Å². The second-order valence-corrected chi connectivity index (χ2v) is 5.75. The lowest BCUT2D eigenvalue weighted by Crippen LogP contribution is -2.43. The van der Waals surface area contributed by atoms with Gasteiger partial charge in [-0.25, -0.2) is 0 Å². The minimum Gasteiger partial charge on any atom is -0.483 e. The Morgan fingerprint density at radius 1 is 1.42 bits per heavy atom. The molecule has 0 atom stereocenters. The Balaban J connectivity index is 2.67. The maximum Gasteiger partial charge on any atom is 0.258 e. The summed E-state index contributed by atoms with van der Waals surface area (Å²) in [5.41, 5.74) is 6.12. The molecule has 0 radical (unpaired) electrons. The Morgan fingerprint density at radius 3 is 2.68 bits per heavy atom. The Labute approximate surface area is 119 Å². The summed E-state index contributed by atoms with van der Waals surface area (Å²) in [5, 5.41) is 3.44. The molecule has 1 rings (SSSR count). The number of rotatable bonds is 5. The molecule has 3 N–H and O–H groups in total. The molecule has 0 saturated heterocycles. The zero-order valence-corrected chi connectivity index (χ0v) is 12.4. The van der Waals surface area contributed by atoms with E-state index in [2.05, 4.69) is 5.32 Å². The van der Waals surface area contributed by atoms with E-state index in [1.54, 1.807) is 18.2 Å². The average molecular weight is 285 g/mol. The second kappa shape index (κ2) is 6.78. The minimum absolute atomic E-state index is 0.0326. The van der Waals surface area contributed by atoms with Crippen molar-refractivity contribution in [2.24, 2.45) is 5.73 Å². The molecule has 0 aliphatic carbocycles. The van der Waals surface area contributed by atoms with Crippen LogP contribution in [0.5, 0.6) is 5.75 Å². The van der Waals surface area contributed by atoms with E-state index >= 15 is 0 Å². The summed E-state index contributed by atoms with van der Waals surface area (Å²) in [6.45, 7) is 6.21. The normalized spacial score (nSPS) is 11.2. The second-order valence-electron chi connectivity index (χ2n) is 5.34. The van der Waals surface area contributed by atoms with Gasteiger partial charge in [0.05, 0.1) is 0 Å². The highest BCUT2D eigenvalue weighted by atomic mass is 35.5. The van der Waals surface area contributed by atoms with Gasteiger partial charge in [-0.05, 0) is 45.9 Å². The monoisotopic (exact) mass is 284 g/mol. The first kappa shape index (κ1) is 15.8. The van der Waals surface area contributed by atoms with Crippen LogP contribution in [0, 0.1) is 0 Å². The maximum absolute atomic E-state index is 11.7. The third kappa shape index (κ3) is 5.49. The predicted molar refractivity (Wildman–Crippen MR) is 77.6 cm³/mol. The predicted octanol–water partition coefficient (Wildman–Crippen LogP) is 2.13. The number of ether oxygens (including phenoxy) is 1. The Morgan fingerprint density at radius 2 is 2.11 bits per heavy atom. The van der Waals surface area contributed by atoms with Crippen molar-refractivity contribution in [2.75, 3.05) is 13.2 Å². The first-order chi connectivity index (χ1) is 8.83. The van der Waals surface area contributed by atoms with Gasteiger partial charge in [0.25, 0.3) is 5.91 Å².